The highest BCUT2D eigenvalue weighted by Gasteiger charge is 2.19. The molecule has 41 heavy (non-hydrogen) atoms. The van der Waals surface area contributed by atoms with Gasteiger partial charge in [0.2, 0.25) is 11.8 Å². The van der Waals surface area contributed by atoms with Crippen LogP contribution in [0.2, 0.25) is 0 Å². The molecule has 2 N–H and O–H groups in total. The van der Waals surface area contributed by atoms with E-state index in [1.54, 1.807) is 0 Å². The van der Waals surface area contributed by atoms with Crippen molar-refractivity contribution in [3.05, 3.63) is 144 Å². The molecule has 0 bridgehead atoms. The summed E-state index contributed by atoms with van der Waals surface area (Å²) in [6.45, 7) is 1.40. The smallest absolute Gasteiger partial charge is 0.220 e. The van der Waals surface area contributed by atoms with Crippen LogP contribution in [0.15, 0.2) is 121 Å². The average molecular weight is 547 g/mol. The molecule has 0 unspecified atom stereocenters. The Morgan fingerprint density at radius 1 is 0.415 bits per heavy atom. The van der Waals surface area contributed by atoms with Crippen LogP contribution in [0.5, 0.6) is 0 Å². The maximum atomic E-state index is 12.7. The van der Waals surface area contributed by atoms with Crippen molar-refractivity contribution in [1.29, 1.82) is 0 Å². The van der Waals surface area contributed by atoms with E-state index in [2.05, 4.69) is 59.2 Å². The summed E-state index contributed by atoms with van der Waals surface area (Å²) in [6, 6.07) is 41.0. The normalized spacial score (nSPS) is 11.0. The quantitative estimate of drug-likeness (QED) is 0.142. The Hall–Kier alpha value is -4.18. The van der Waals surface area contributed by atoms with E-state index < -0.39 is 0 Å². The molecule has 4 nitrogen and oxygen atoms in total. The van der Waals surface area contributed by atoms with Gasteiger partial charge in [-0.3, -0.25) is 9.59 Å². The molecule has 0 saturated carbocycles. The van der Waals surface area contributed by atoms with Crippen LogP contribution < -0.4 is 10.6 Å². The molecule has 212 valence electrons. The first-order valence-corrected chi connectivity index (χ1v) is 14.9. The first-order chi connectivity index (χ1) is 20.2. The minimum Gasteiger partial charge on any atom is -0.356 e. The SMILES string of the molecule is O=C(CC(c1ccccc1)c1ccccc1)NCCCCCCCNC(=O)CC(c1ccccc1)c1ccccc1. The monoisotopic (exact) mass is 546 g/mol. The summed E-state index contributed by atoms with van der Waals surface area (Å²) in [7, 11) is 0. The second-order valence-corrected chi connectivity index (χ2v) is 10.6. The van der Waals surface area contributed by atoms with Gasteiger partial charge in [-0.2, -0.15) is 0 Å². The number of unbranched alkanes of at least 4 members (excludes halogenated alkanes) is 4. The summed E-state index contributed by atoms with van der Waals surface area (Å²) < 4.78 is 0. The van der Waals surface area contributed by atoms with Crippen LogP contribution in [0.1, 0.15) is 79.0 Å². The largest absolute Gasteiger partial charge is 0.356 e. The molecule has 0 aliphatic rings. The molecular weight excluding hydrogens is 504 g/mol. The molecule has 0 atom stereocenters. The molecule has 0 radical (unpaired) electrons. The third kappa shape index (κ3) is 10.1. The Bertz CT molecular complexity index is 1110. The van der Waals surface area contributed by atoms with Crippen molar-refractivity contribution in [1.82, 2.24) is 10.6 Å². The zero-order valence-corrected chi connectivity index (χ0v) is 23.9. The van der Waals surface area contributed by atoms with Gasteiger partial charge in [-0.25, -0.2) is 0 Å². The minimum absolute atomic E-state index is 0.0586. The second kappa shape index (κ2) is 16.8. The van der Waals surface area contributed by atoms with E-state index in [1.165, 1.54) is 0 Å². The van der Waals surface area contributed by atoms with Crippen LogP contribution in [0.4, 0.5) is 0 Å². The van der Waals surface area contributed by atoms with Gasteiger partial charge in [-0.15, -0.1) is 0 Å². The third-order valence-electron chi connectivity index (χ3n) is 7.58. The van der Waals surface area contributed by atoms with E-state index >= 15 is 0 Å². The van der Waals surface area contributed by atoms with Gasteiger partial charge in [0.1, 0.15) is 0 Å². The van der Waals surface area contributed by atoms with E-state index in [1.807, 2.05) is 72.8 Å². The molecule has 0 aromatic heterocycles. The van der Waals surface area contributed by atoms with E-state index in [4.69, 9.17) is 0 Å². The first-order valence-electron chi connectivity index (χ1n) is 14.9. The molecule has 0 saturated heterocycles. The van der Waals surface area contributed by atoms with Gasteiger partial charge in [-0.1, -0.05) is 141 Å². The summed E-state index contributed by atoms with van der Waals surface area (Å²) in [5.74, 6) is 0.302. The Morgan fingerprint density at radius 3 is 0.976 bits per heavy atom. The van der Waals surface area contributed by atoms with Gasteiger partial charge < -0.3 is 10.6 Å². The molecular formula is C37H42N2O2. The average Bonchev–Trinajstić information content (AvgIpc) is 3.03. The summed E-state index contributed by atoms with van der Waals surface area (Å²) >= 11 is 0. The summed E-state index contributed by atoms with van der Waals surface area (Å²) in [6.07, 6.45) is 6.06. The van der Waals surface area contributed by atoms with Crippen LogP contribution >= 0.6 is 0 Å². The summed E-state index contributed by atoms with van der Waals surface area (Å²) in [5, 5.41) is 6.24. The van der Waals surface area contributed by atoms with E-state index in [0.29, 0.717) is 25.9 Å². The lowest BCUT2D eigenvalue weighted by molar-refractivity contribution is -0.122. The van der Waals surface area contributed by atoms with Crippen molar-refractivity contribution < 1.29 is 9.59 Å². The van der Waals surface area contributed by atoms with Crippen LogP contribution in [0, 0.1) is 0 Å². The van der Waals surface area contributed by atoms with E-state index in [9.17, 15) is 9.59 Å². The first kappa shape index (κ1) is 29.8. The van der Waals surface area contributed by atoms with E-state index in [0.717, 1.165) is 54.4 Å². The number of rotatable bonds is 16. The van der Waals surface area contributed by atoms with Gasteiger partial charge in [-0.05, 0) is 35.1 Å². The lowest BCUT2D eigenvalue weighted by atomic mass is 9.88. The van der Waals surface area contributed by atoms with Crippen molar-refractivity contribution >= 4 is 11.8 Å². The Morgan fingerprint density at radius 2 is 0.683 bits per heavy atom. The molecule has 4 aromatic carbocycles. The van der Waals surface area contributed by atoms with Crippen LogP contribution in [-0.2, 0) is 9.59 Å². The molecule has 0 spiro atoms. The van der Waals surface area contributed by atoms with Crippen LogP contribution in [0.3, 0.4) is 0 Å². The number of carbonyl (C=O) groups excluding carboxylic acids is 2. The summed E-state index contributed by atoms with van der Waals surface area (Å²) in [5.41, 5.74) is 4.65. The van der Waals surface area contributed by atoms with Crippen molar-refractivity contribution in [2.24, 2.45) is 0 Å². The van der Waals surface area contributed by atoms with Crippen molar-refractivity contribution in [3.63, 3.8) is 0 Å². The van der Waals surface area contributed by atoms with Crippen LogP contribution in [0.25, 0.3) is 0 Å². The highest BCUT2D eigenvalue weighted by Crippen LogP contribution is 2.28. The molecule has 4 rings (SSSR count). The van der Waals surface area contributed by atoms with Crippen molar-refractivity contribution in [2.45, 2.75) is 56.8 Å². The Balaban J connectivity index is 1.10. The van der Waals surface area contributed by atoms with Gasteiger partial charge >= 0.3 is 0 Å². The molecule has 2 amide bonds. The van der Waals surface area contributed by atoms with Crippen LogP contribution in [-0.4, -0.2) is 24.9 Å². The predicted octanol–water partition coefficient (Wildman–Crippen LogP) is 7.61. The van der Waals surface area contributed by atoms with Gasteiger partial charge in [0.05, 0.1) is 0 Å². The maximum absolute atomic E-state index is 12.7. The number of hydrogen-bond acceptors (Lipinski definition) is 2. The highest BCUT2D eigenvalue weighted by molar-refractivity contribution is 5.78. The Kier molecular flexibility index (Phi) is 12.2. The lowest BCUT2D eigenvalue weighted by Gasteiger charge is -2.18. The third-order valence-corrected chi connectivity index (χ3v) is 7.58. The van der Waals surface area contributed by atoms with Gasteiger partial charge in [0, 0.05) is 37.8 Å². The number of nitrogens with one attached hydrogen (secondary N) is 2. The number of hydrogen-bond donors (Lipinski definition) is 2. The summed E-state index contributed by atoms with van der Waals surface area (Å²) in [4.78, 5) is 25.5. The number of amides is 2. The van der Waals surface area contributed by atoms with Crippen molar-refractivity contribution in [3.8, 4) is 0 Å². The fourth-order valence-corrected chi connectivity index (χ4v) is 5.35. The lowest BCUT2D eigenvalue weighted by Crippen LogP contribution is -2.26. The maximum Gasteiger partial charge on any atom is 0.220 e. The van der Waals surface area contributed by atoms with Gasteiger partial charge in [0.15, 0.2) is 0 Å². The number of benzene rings is 4. The van der Waals surface area contributed by atoms with Gasteiger partial charge in [0.25, 0.3) is 0 Å². The zero-order chi connectivity index (χ0) is 28.5. The minimum atomic E-state index is 0.0586. The molecule has 4 aromatic rings. The standard InChI is InChI=1S/C37H42N2O2/c40-36(28-34(30-18-8-4-9-19-30)31-20-10-5-11-21-31)38-26-16-2-1-3-17-27-39-37(41)29-35(32-22-12-6-13-23-32)33-24-14-7-15-25-33/h4-15,18-25,34-35H,1-3,16-17,26-29H2,(H,38,40)(H,39,41). The predicted molar refractivity (Wildman–Crippen MR) is 168 cm³/mol. The highest BCUT2D eigenvalue weighted by atomic mass is 16.2. The van der Waals surface area contributed by atoms with E-state index in [-0.39, 0.29) is 23.7 Å². The number of carbonyl (C=O) groups is 2. The topological polar surface area (TPSA) is 58.2 Å². The molecule has 0 heterocycles. The molecule has 0 aliphatic carbocycles. The zero-order valence-electron chi connectivity index (χ0n) is 23.9. The second-order valence-electron chi connectivity index (χ2n) is 10.6. The molecule has 4 heteroatoms. The van der Waals surface area contributed by atoms with Crippen molar-refractivity contribution in [2.75, 3.05) is 13.1 Å². The molecule has 0 aliphatic heterocycles. The fourth-order valence-electron chi connectivity index (χ4n) is 5.35. The fraction of sp³-hybridized carbons (Fsp3) is 0.297. The molecule has 0 fully saturated rings. The Labute approximate surface area is 245 Å².